The van der Waals surface area contributed by atoms with Gasteiger partial charge in [0.2, 0.25) is 0 Å². The van der Waals surface area contributed by atoms with Gasteiger partial charge in [0.25, 0.3) is 0 Å². The summed E-state index contributed by atoms with van der Waals surface area (Å²) in [4.78, 5) is 15.5. The Morgan fingerprint density at radius 1 is 1.09 bits per heavy atom. The van der Waals surface area contributed by atoms with Crippen LogP contribution in [0.3, 0.4) is 0 Å². The second kappa shape index (κ2) is 5.76. The van der Waals surface area contributed by atoms with Crippen LogP contribution in [0.15, 0.2) is 24.3 Å². The molecular formula is C18H23NO3. The van der Waals surface area contributed by atoms with Crippen molar-refractivity contribution in [1.29, 1.82) is 0 Å². The molecule has 2 unspecified atom stereocenters. The first-order valence-corrected chi connectivity index (χ1v) is 8.32. The molecule has 3 aliphatic rings. The van der Waals surface area contributed by atoms with Crippen molar-refractivity contribution >= 4 is 5.78 Å². The number of fused-ring (bicyclic) bond motifs is 2. The molecule has 0 saturated carbocycles. The Balaban J connectivity index is 1.58. The lowest BCUT2D eigenvalue weighted by atomic mass is 9.83. The average Bonchev–Trinajstić information content (AvgIpc) is 3.13. The molecule has 4 rings (SSSR count). The van der Waals surface area contributed by atoms with Crippen LogP contribution in [0, 0.1) is 5.92 Å². The largest absolute Gasteiger partial charge is 0.346 e. The SMILES string of the molecule is CN1C2CCC1CC(C(=O)c1ccccc1C1OCCO1)C2. The van der Waals surface area contributed by atoms with Gasteiger partial charge in [-0.3, -0.25) is 4.79 Å². The first-order chi connectivity index (χ1) is 10.7. The van der Waals surface area contributed by atoms with Crippen LogP contribution in [0.4, 0.5) is 0 Å². The molecule has 3 aliphatic heterocycles. The minimum Gasteiger partial charge on any atom is -0.346 e. The Kier molecular flexibility index (Phi) is 3.76. The van der Waals surface area contributed by atoms with E-state index in [0.29, 0.717) is 25.3 Å². The summed E-state index contributed by atoms with van der Waals surface area (Å²) in [6.07, 6.45) is 4.09. The van der Waals surface area contributed by atoms with E-state index in [0.717, 1.165) is 24.0 Å². The highest BCUT2D eigenvalue weighted by molar-refractivity contribution is 5.99. The van der Waals surface area contributed by atoms with Gasteiger partial charge in [-0.15, -0.1) is 0 Å². The zero-order valence-electron chi connectivity index (χ0n) is 13.0. The number of carbonyl (C=O) groups excluding carboxylic acids is 1. The van der Waals surface area contributed by atoms with Crippen molar-refractivity contribution in [2.45, 2.75) is 44.1 Å². The smallest absolute Gasteiger partial charge is 0.184 e. The highest BCUT2D eigenvalue weighted by Gasteiger charge is 2.41. The molecule has 3 heterocycles. The number of nitrogens with zero attached hydrogens (tertiary/aromatic N) is 1. The number of Topliss-reactive ketones (excluding diaryl/α,β-unsaturated/α-hetero) is 1. The van der Waals surface area contributed by atoms with Crippen LogP contribution in [-0.4, -0.2) is 43.0 Å². The second-order valence-corrected chi connectivity index (χ2v) is 6.74. The highest BCUT2D eigenvalue weighted by Crippen LogP contribution is 2.39. The Labute approximate surface area is 131 Å². The summed E-state index contributed by atoms with van der Waals surface area (Å²) in [6.45, 7) is 1.21. The summed E-state index contributed by atoms with van der Waals surface area (Å²) < 4.78 is 11.2. The molecule has 0 N–H and O–H groups in total. The van der Waals surface area contributed by atoms with Gasteiger partial charge in [-0.2, -0.15) is 0 Å². The maximum absolute atomic E-state index is 13.1. The van der Waals surface area contributed by atoms with E-state index in [2.05, 4.69) is 11.9 Å². The predicted molar refractivity (Wildman–Crippen MR) is 82.7 cm³/mol. The van der Waals surface area contributed by atoms with Crippen LogP contribution >= 0.6 is 0 Å². The fourth-order valence-corrected chi connectivity index (χ4v) is 4.31. The van der Waals surface area contributed by atoms with Crippen LogP contribution in [0.5, 0.6) is 0 Å². The third-order valence-electron chi connectivity index (χ3n) is 5.57. The molecule has 4 heteroatoms. The molecule has 2 atom stereocenters. The lowest BCUT2D eigenvalue weighted by Crippen LogP contribution is -2.42. The van der Waals surface area contributed by atoms with Crippen LogP contribution in [0.1, 0.15) is 47.9 Å². The van der Waals surface area contributed by atoms with Gasteiger partial charge in [-0.25, -0.2) is 0 Å². The molecule has 2 bridgehead atoms. The number of ketones is 1. The van der Waals surface area contributed by atoms with E-state index in [4.69, 9.17) is 9.47 Å². The first kappa shape index (κ1) is 14.4. The molecule has 1 aromatic carbocycles. The van der Waals surface area contributed by atoms with E-state index in [9.17, 15) is 4.79 Å². The molecule has 118 valence electrons. The summed E-state index contributed by atoms with van der Waals surface area (Å²) in [7, 11) is 2.21. The molecule has 1 aromatic rings. The van der Waals surface area contributed by atoms with Crippen molar-refractivity contribution < 1.29 is 14.3 Å². The number of benzene rings is 1. The van der Waals surface area contributed by atoms with E-state index in [-0.39, 0.29) is 18.0 Å². The van der Waals surface area contributed by atoms with Gasteiger partial charge in [0.05, 0.1) is 13.2 Å². The number of piperidine rings is 1. The number of hydrogen-bond donors (Lipinski definition) is 0. The van der Waals surface area contributed by atoms with Crippen molar-refractivity contribution in [2.75, 3.05) is 20.3 Å². The molecule has 22 heavy (non-hydrogen) atoms. The Morgan fingerprint density at radius 2 is 1.73 bits per heavy atom. The molecule has 3 fully saturated rings. The second-order valence-electron chi connectivity index (χ2n) is 6.74. The number of ether oxygens (including phenoxy) is 2. The van der Waals surface area contributed by atoms with Crippen molar-refractivity contribution in [2.24, 2.45) is 5.92 Å². The van der Waals surface area contributed by atoms with Crippen molar-refractivity contribution in [3.05, 3.63) is 35.4 Å². The van der Waals surface area contributed by atoms with Crippen LogP contribution in [0.25, 0.3) is 0 Å². The van der Waals surface area contributed by atoms with Gasteiger partial charge in [0, 0.05) is 29.1 Å². The molecule has 4 nitrogen and oxygen atoms in total. The van der Waals surface area contributed by atoms with E-state index in [1.54, 1.807) is 0 Å². The molecule has 0 amide bonds. The minimum absolute atomic E-state index is 0.149. The van der Waals surface area contributed by atoms with Gasteiger partial charge in [0.1, 0.15) is 0 Å². The van der Waals surface area contributed by atoms with Gasteiger partial charge in [-0.05, 0) is 32.7 Å². The maximum Gasteiger partial charge on any atom is 0.184 e. The zero-order valence-corrected chi connectivity index (χ0v) is 13.0. The monoisotopic (exact) mass is 301 g/mol. The van der Waals surface area contributed by atoms with Crippen molar-refractivity contribution in [3.63, 3.8) is 0 Å². The van der Waals surface area contributed by atoms with Gasteiger partial charge in [-0.1, -0.05) is 24.3 Å². The molecule has 3 saturated heterocycles. The minimum atomic E-state index is -0.372. The van der Waals surface area contributed by atoms with Crippen LogP contribution in [-0.2, 0) is 9.47 Å². The quantitative estimate of drug-likeness (QED) is 0.805. The first-order valence-electron chi connectivity index (χ1n) is 8.32. The standard InChI is InChI=1S/C18H23NO3/c1-19-13-6-7-14(19)11-12(10-13)17(20)15-4-2-3-5-16(15)18-21-8-9-22-18/h2-5,12-14,18H,6-11H2,1H3. The number of carbonyl (C=O) groups is 1. The summed E-state index contributed by atoms with van der Waals surface area (Å²) >= 11 is 0. The Bertz CT molecular complexity index is 553. The summed E-state index contributed by atoms with van der Waals surface area (Å²) in [6, 6.07) is 8.96. The third-order valence-corrected chi connectivity index (χ3v) is 5.57. The average molecular weight is 301 g/mol. The molecule has 0 spiro atoms. The van der Waals surface area contributed by atoms with Crippen LogP contribution in [0.2, 0.25) is 0 Å². The Morgan fingerprint density at radius 3 is 2.41 bits per heavy atom. The topological polar surface area (TPSA) is 38.8 Å². The fraction of sp³-hybridized carbons (Fsp3) is 0.611. The lowest BCUT2D eigenvalue weighted by Gasteiger charge is -2.35. The summed E-state index contributed by atoms with van der Waals surface area (Å²) in [5.74, 6) is 0.427. The van der Waals surface area contributed by atoms with Crippen LogP contribution < -0.4 is 0 Å². The van der Waals surface area contributed by atoms with E-state index < -0.39 is 0 Å². The van der Waals surface area contributed by atoms with Crippen molar-refractivity contribution in [1.82, 2.24) is 4.90 Å². The molecular weight excluding hydrogens is 278 g/mol. The van der Waals surface area contributed by atoms with E-state index >= 15 is 0 Å². The highest BCUT2D eigenvalue weighted by atomic mass is 16.7. The number of rotatable bonds is 3. The molecule has 0 aliphatic carbocycles. The third kappa shape index (κ3) is 2.39. The summed E-state index contributed by atoms with van der Waals surface area (Å²) in [5.41, 5.74) is 1.69. The Hall–Kier alpha value is -1.23. The predicted octanol–water partition coefficient (Wildman–Crippen LogP) is 2.79. The van der Waals surface area contributed by atoms with Gasteiger partial charge >= 0.3 is 0 Å². The van der Waals surface area contributed by atoms with E-state index in [1.807, 2.05) is 24.3 Å². The summed E-state index contributed by atoms with van der Waals surface area (Å²) in [5, 5.41) is 0. The fourth-order valence-electron chi connectivity index (χ4n) is 4.31. The van der Waals surface area contributed by atoms with E-state index in [1.165, 1.54) is 12.8 Å². The normalized spacial score (nSPS) is 32.5. The lowest BCUT2D eigenvalue weighted by molar-refractivity contribution is -0.0446. The van der Waals surface area contributed by atoms with Gasteiger partial charge < -0.3 is 14.4 Å². The molecule has 0 aromatic heterocycles. The maximum atomic E-state index is 13.1. The zero-order chi connectivity index (χ0) is 15.1. The number of hydrogen-bond acceptors (Lipinski definition) is 4. The van der Waals surface area contributed by atoms with Gasteiger partial charge in [0.15, 0.2) is 12.1 Å². The molecule has 0 radical (unpaired) electrons. The van der Waals surface area contributed by atoms with Crippen molar-refractivity contribution in [3.8, 4) is 0 Å².